The minimum Gasteiger partial charge on any atom is -0.477 e. The number of aliphatic hydroxyl groups excluding tert-OH is 2. The van der Waals surface area contributed by atoms with E-state index < -0.39 is 76.0 Å². The van der Waals surface area contributed by atoms with Crippen molar-refractivity contribution in [2.75, 3.05) is 24.7 Å². The molecular formula is C18H21N5O10S2. The number of hydrogen-bond donors (Lipinski definition) is 5. The van der Waals surface area contributed by atoms with Gasteiger partial charge in [-0.05, 0) is 0 Å². The van der Waals surface area contributed by atoms with Crippen LogP contribution < -0.4 is 11.1 Å². The number of amides is 2. The fraction of sp³-hybridized carbons (Fsp3) is 0.556. The molecule has 2 amide bonds. The van der Waals surface area contributed by atoms with E-state index in [1.807, 2.05) is 0 Å². The number of aliphatic hydroxyl groups is 2. The SMILES string of the molecule is Nc1nc(/C(=N/OC(CO)CCO)C(=O)NC2C(=O)N3C2S(=O)CC2CC(=O)OC23C(=O)O)cs1. The molecule has 35 heavy (non-hydrogen) atoms. The second-order valence-corrected chi connectivity index (χ2v) is 10.4. The van der Waals surface area contributed by atoms with Gasteiger partial charge in [-0.1, -0.05) is 5.16 Å². The van der Waals surface area contributed by atoms with Crippen molar-refractivity contribution in [2.45, 2.75) is 36.1 Å². The molecule has 6 N–H and O–H groups in total. The van der Waals surface area contributed by atoms with E-state index in [0.29, 0.717) is 0 Å². The first-order valence-corrected chi connectivity index (χ1v) is 12.5. The lowest BCUT2D eigenvalue weighted by atomic mass is 9.89. The lowest BCUT2D eigenvalue weighted by Gasteiger charge is -2.56. The monoisotopic (exact) mass is 531 g/mol. The molecule has 0 spiro atoms. The van der Waals surface area contributed by atoms with Gasteiger partial charge in [-0.3, -0.25) is 23.5 Å². The van der Waals surface area contributed by atoms with Crippen LogP contribution in [0.2, 0.25) is 0 Å². The van der Waals surface area contributed by atoms with Crippen molar-refractivity contribution in [3.05, 3.63) is 11.1 Å². The number of anilines is 1. The number of carbonyl (C=O) groups excluding carboxylic acids is 3. The summed E-state index contributed by atoms with van der Waals surface area (Å²) in [5.74, 6) is -5.48. The third-order valence-corrected chi connectivity index (χ3v) is 8.22. The molecule has 1 aromatic rings. The third-order valence-electron chi connectivity index (χ3n) is 5.79. The zero-order valence-electron chi connectivity index (χ0n) is 17.9. The Morgan fingerprint density at radius 3 is 2.80 bits per heavy atom. The van der Waals surface area contributed by atoms with Gasteiger partial charge < -0.3 is 35.9 Å². The van der Waals surface area contributed by atoms with Crippen molar-refractivity contribution in [1.82, 2.24) is 15.2 Å². The molecule has 3 saturated heterocycles. The summed E-state index contributed by atoms with van der Waals surface area (Å²) in [5, 5.41) is 34.5. The number of carboxylic acids is 1. The Bertz CT molecular complexity index is 1120. The topological polar surface area (TPSA) is 231 Å². The molecule has 0 aromatic carbocycles. The zero-order valence-corrected chi connectivity index (χ0v) is 19.5. The molecule has 3 fully saturated rings. The van der Waals surface area contributed by atoms with Crippen LogP contribution in [0, 0.1) is 5.92 Å². The molecule has 0 radical (unpaired) electrons. The van der Waals surface area contributed by atoms with Crippen LogP contribution in [0.15, 0.2) is 10.5 Å². The molecule has 17 heteroatoms. The highest BCUT2D eigenvalue weighted by Crippen LogP contribution is 2.47. The molecule has 0 saturated carbocycles. The molecule has 6 atom stereocenters. The molecule has 4 rings (SSSR count). The van der Waals surface area contributed by atoms with Crippen molar-refractivity contribution in [1.29, 1.82) is 0 Å². The van der Waals surface area contributed by atoms with Gasteiger partial charge in [0.05, 0.1) is 18.9 Å². The number of ether oxygens (including phenoxy) is 1. The van der Waals surface area contributed by atoms with Crippen molar-refractivity contribution >= 4 is 56.7 Å². The maximum absolute atomic E-state index is 13.1. The maximum Gasteiger partial charge on any atom is 0.370 e. The molecule has 0 aliphatic carbocycles. The second kappa shape index (κ2) is 9.48. The fourth-order valence-corrected chi connectivity index (χ4v) is 6.62. The summed E-state index contributed by atoms with van der Waals surface area (Å²) in [4.78, 5) is 59.7. The van der Waals surface area contributed by atoms with Crippen LogP contribution in [-0.2, 0) is 39.6 Å². The van der Waals surface area contributed by atoms with E-state index in [0.717, 1.165) is 16.2 Å². The number of nitrogens with one attached hydrogen (secondary N) is 1. The lowest BCUT2D eigenvalue weighted by Crippen LogP contribution is -2.83. The Kier molecular flexibility index (Phi) is 6.76. The van der Waals surface area contributed by atoms with Gasteiger partial charge >= 0.3 is 11.9 Å². The normalized spacial score (nSPS) is 30.6. The Morgan fingerprint density at radius 2 is 2.20 bits per heavy atom. The van der Waals surface area contributed by atoms with Crippen LogP contribution in [0.25, 0.3) is 0 Å². The quantitative estimate of drug-likeness (QED) is 0.0926. The highest BCUT2D eigenvalue weighted by molar-refractivity contribution is 7.85. The predicted molar refractivity (Wildman–Crippen MR) is 117 cm³/mol. The first-order chi connectivity index (χ1) is 16.6. The lowest BCUT2D eigenvalue weighted by molar-refractivity contribution is -0.216. The standard InChI is InChI=1S/C18H21N5O10S2/c19-17-20-9(5-34-17)11(22-33-8(4-25)1-2-24)13(27)21-12-14(28)23-15(12)35(31)6-7-3-10(26)32-18(7,23)16(29)30/h5,7-8,12,15,24-25H,1-4,6H2,(H2,19,20)(H,21,27)(H,29,30)/b22-11-. The Labute approximate surface area is 203 Å². The largest absolute Gasteiger partial charge is 0.477 e. The number of nitrogens with zero attached hydrogens (tertiary/aromatic N) is 3. The summed E-state index contributed by atoms with van der Waals surface area (Å²) in [6.45, 7) is -0.824. The van der Waals surface area contributed by atoms with Crippen LogP contribution in [0.5, 0.6) is 0 Å². The molecule has 15 nitrogen and oxygen atoms in total. The molecular weight excluding hydrogens is 510 g/mol. The van der Waals surface area contributed by atoms with E-state index in [1.165, 1.54) is 5.38 Å². The number of esters is 1. The van der Waals surface area contributed by atoms with Gasteiger partial charge in [0, 0.05) is 35.0 Å². The number of carbonyl (C=O) groups is 4. The van der Waals surface area contributed by atoms with Gasteiger partial charge in [0.2, 0.25) is 0 Å². The first-order valence-electron chi connectivity index (χ1n) is 10.3. The molecule has 3 aliphatic rings. The molecule has 6 unspecified atom stereocenters. The van der Waals surface area contributed by atoms with Crippen LogP contribution in [0.4, 0.5) is 5.13 Å². The number of carboxylic acid groups (broad SMARTS) is 1. The summed E-state index contributed by atoms with van der Waals surface area (Å²) in [7, 11) is -1.80. The Hall–Kier alpha value is -3.15. The average Bonchev–Trinajstić information content (AvgIpc) is 3.38. The first kappa shape index (κ1) is 25.0. The van der Waals surface area contributed by atoms with Crippen LogP contribution in [-0.4, -0.2) is 101 Å². The summed E-state index contributed by atoms with van der Waals surface area (Å²) >= 11 is 0.995. The maximum atomic E-state index is 13.1. The van der Waals surface area contributed by atoms with E-state index in [4.69, 9.17) is 20.4 Å². The van der Waals surface area contributed by atoms with Gasteiger partial charge in [-0.2, -0.15) is 0 Å². The molecule has 1 aromatic heterocycles. The number of oxime groups is 1. The number of thiazole rings is 1. The molecule has 190 valence electrons. The van der Waals surface area contributed by atoms with Gasteiger partial charge in [0.1, 0.15) is 17.1 Å². The highest BCUT2D eigenvalue weighted by atomic mass is 32.2. The van der Waals surface area contributed by atoms with Crippen molar-refractivity contribution < 1.29 is 48.3 Å². The van der Waals surface area contributed by atoms with Gasteiger partial charge in [0.15, 0.2) is 16.9 Å². The number of hydrogen-bond acceptors (Lipinski definition) is 13. The molecule has 3 aliphatic heterocycles. The highest BCUT2D eigenvalue weighted by Gasteiger charge is 2.73. The second-order valence-electron chi connectivity index (χ2n) is 7.91. The number of rotatable bonds is 9. The minimum atomic E-state index is -2.28. The number of aromatic nitrogens is 1. The number of fused-ring (bicyclic) bond motifs is 3. The average molecular weight is 532 g/mol. The van der Waals surface area contributed by atoms with E-state index in [2.05, 4.69) is 15.5 Å². The van der Waals surface area contributed by atoms with Gasteiger partial charge in [0.25, 0.3) is 17.5 Å². The molecule has 4 heterocycles. The Balaban J connectivity index is 1.58. The summed E-state index contributed by atoms with van der Waals surface area (Å²) in [6.07, 6.45) is -1.22. The van der Waals surface area contributed by atoms with Crippen molar-refractivity contribution in [3.8, 4) is 0 Å². The third kappa shape index (κ3) is 4.13. The van der Waals surface area contributed by atoms with Crippen LogP contribution in [0.3, 0.4) is 0 Å². The predicted octanol–water partition coefficient (Wildman–Crippen LogP) is -3.05. The number of nitrogen functional groups attached to an aromatic ring is 1. The van der Waals surface area contributed by atoms with Gasteiger partial charge in [-0.25, -0.2) is 9.78 Å². The number of β-lactam (4-membered cyclic amide) rings is 1. The van der Waals surface area contributed by atoms with Crippen molar-refractivity contribution in [2.24, 2.45) is 11.1 Å². The van der Waals surface area contributed by atoms with Crippen molar-refractivity contribution in [3.63, 3.8) is 0 Å². The molecule has 0 bridgehead atoms. The summed E-state index contributed by atoms with van der Waals surface area (Å²) in [6, 6.07) is -1.40. The van der Waals surface area contributed by atoms with Gasteiger partial charge in [-0.15, -0.1) is 11.3 Å². The van der Waals surface area contributed by atoms with Crippen LogP contribution in [0.1, 0.15) is 18.5 Å². The van der Waals surface area contributed by atoms with E-state index in [-0.39, 0.29) is 36.0 Å². The number of aliphatic carboxylic acids is 1. The summed E-state index contributed by atoms with van der Waals surface area (Å²) < 4.78 is 17.9. The zero-order chi connectivity index (χ0) is 25.5. The van der Waals surface area contributed by atoms with Crippen LogP contribution >= 0.6 is 11.3 Å². The summed E-state index contributed by atoms with van der Waals surface area (Å²) in [5.41, 5.74) is 2.92. The number of nitrogens with two attached hydrogens (primary N) is 1. The smallest absolute Gasteiger partial charge is 0.370 e. The van der Waals surface area contributed by atoms with E-state index >= 15 is 0 Å². The Morgan fingerprint density at radius 1 is 1.46 bits per heavy atom. The minimum absolute atomic E-state index is 0.00845. The van der Waals surface area contributed by atoms with E-state index in [9.17, 15) is 33.6 Å². The van der Waals surface area contributed by atoms with E-state index in [1.54, 1.807) is 0 Å². The fourth-order valence-electron chi connectivity index (χ4n) is 4.15.